The van der Waals surface area contributed by atoms with Crippen LogP contribution in [0.15, 0.2) is 0 Å². The first-order valence-electron chi connectivity index (χ1n) is 8.13. The summed E-state index contributed by atoms with van der Waals surface area (Å²) in [6.07, 6.45) is 6.63. The topological polar surface area (TPSA) is 81.7 Å². The Morgan fingerprint density at radius 2 is 2.10 bits per heavy atom. The van der Waals surface area contributed by atoms with Crippen molar-refractivity contribution in [3.05, 3.63) is 0 Å². The van der Waals surface area contributed by atoms with Gasteiger partial charge in [0.15, 0.2) is 0 Å². The lowest BCUT2D eigenvalue weighted by molar-refractivity contribution is -0.137. The summed E-state index contributed by atoms with van der Waals surface area (Å²) in [4.78, 5) is 24.7. The molecule has 0 spiro atoms. The molecule has 120 valence electrons. The molecule has 21 heavy (non-hydrogen) atoms. The van der Waals surface area contributed by atoms with Gasteiger partial charge in [0.2, 0.25) is 5.91 Å². The Kier molecular flexibility index (Phi) is 6.45. The highest BCUT2D eigenvalue weighted by atomic mass is 16.4. The lowest BCUT2D eigenvalue weighted by Crippen LogP contribution is -2.53. The third kappa shape index (κ3) is 5.28. The summed E-state index contributed by atoms with van der Waals surface area (Å²) in [6, 6.07) is 1.01. The molecule has 0 aromatic carbocycles. The normalized spacial score (nSPS) is 26.7. The van der Waals surface area contributed by atoms with Gasteiger partial charge >= 0.3 is 5.97 Å². The summed E-state index contributed by atoms with van der Waals surface area (Å²) in [5.41, 5.74) is 0. The number of hydrogen-bond donors (Lipinski definition) is 3. The molecule has 2 rings (SSSR count). The van der Waals surface area contributed by atoms with Crippen LogP contribution in [0.5, 0.6) is 0 Å². The summed E-state index contributed by atoms with van der Waals surface area (Å²) >= 11 is 0. The quantitative estimate of drug-likeness (QED) is 0.599. The van der Waals surface area contributed by atoms with E-state index in [-0.39, 0.29) is 12.3 Å². The number of carbonyl (C=O) groups is 2. The molecule has 2 aliphatic heterocycles. The Hall–Kier alpha value is -1.14. The summed E-state index contributed by atoms with van der Waals surface area (Å²) < 4.78 is 0. The Labute approximate surface area is 126 Å². The van der Waals surface area contributed by atoms with Crippen molar-refractivity contribution >= 4 is 11.9 Å². The number of hydrogen-bond acceptors (Lipinski definition) is 4. The summed E-state index contributed by atoms with van der Waals surface area (Å²) in [5, 5.41) is 15.0. The van der Waals surface area contributed by atoms with Crippen molar-refractivity contribution in [1.29, 1.82) is 0 Å². The Morgan fingerprint density at radius 3 is 2.81 bits per heavy atom. The lowest BCUT2D eigenvalue weighted by atomic mass is 9.94. The smallest absolute Gasteiger partial charge is 0.303 e. The predicted octanol–water partition coefficient (Wildman–Crippen LogP) is 0.574. The molecule has 0 aliphatic carbocycles. The summed E-state index contributed by atoms with van der Waals surface area (Å²) in [6.45, 7) is 2.98. The fourth-order valence-corrected chi connectivity index (χ4v) is 3.42. The second kappa shape index (κ2) is 8.34. The minimum absolute atomic E-state index is 0.0188. The molecule has 0 radical (unpaired) electrons. The largest absolute Gasteiger partial charge is 0.481 e. The zero-order valence-corrected chi connectivity index (χ0v) is 12.6. The van der Waals surface area contributed by atoms with Gasteiger partial charge in [-0.15, -0.1) is 0 Å². The van der Waals surface area contributed by atoms with Crippen LogP contribution in [0.25, 0.3) is 0 Å². The van der Waals surface area contributed by atoms with E-state index in [1.807, 2.05) is 0 Å². The highest BCUT2D eigenvalue weighted by Crippen LogP contribution is 2.23. The number of likely N-dealkylation sites (tertiary alicyclic amines) is 1. The maximum absolute atomic E-state index is 12.0. The predicted molar refractivity (Wildman–Crippen MR) is 80.1 cm³/mol. The third-order valence-electron chi connectivity index (χ3n) is 4.46. The van der Waals surface area contributed by atoms with Gasteiger partial charge in [-0.25, -0.2) is 0 Å². The van der Waals surface area contributed by atoms with Crippen molar-refractivity contribution in [2.24, 2.45) is 0 Å². The van der Waals surface area contributed by atoms with Crippen LogP contribution in [0.2, 0.25) is 0 Å². The van der Waals surface area contributed by atoms with Gasteiger partial charge in [-0.2, -0.15) is 0 Å². The molecule has 6 heteroatoms. The van der Waals surface area contributed by atoms with Gasteiger partial charge in [-0.3, -0.25) is 14.5 Å². The minimum Gasteiger partial charge on any atom is -0.481 e. The van der Waals surface area contributed by atoms with Crippen molar-refractivity contribution in [2.45, 2.75) is 57.0 Å². The molecule has 0 aromatic heterocycles. The van der Waals surface area contributed by atoms with E-state index >= 15 is 0 Å². The van der Waals surface area contributed by atoms with Crippen LogP contribution in [-0.4, -0.2) is 60.1 Å². The fourth-order valence-electron chi connectivity index (χ4n) is 3.42. The average Bonchev–Trinajstić information content (AvgIpc) is 2.98. The number of nitrogens with zero attached hydrogens (tertiary/aromatic N) is 1. The van der Waals surface area contributed by atoms with Crippen LogP contribution >= 0.6 is 0 Å². The number of rotatable bonds is 7. The second-order valence-corrected chi connectivity index (χ2v) is 6.08. The second-order valence-electron chi connectivity index (χ2n) is 6.08. The van der Waals surface area contributed by atoms with Gasteiger partial charge in [0.05, 0.1) is 6.54 Å². The maximum atomic E-state index is 12.0. The van der Waals surface area contributed by atoms with E-state index < -0.39 is 5.97 Å². The molecule has 1 amide bonds. The Balaban J connectivity index is 1.73. The molecule has 2 unspecified atom stereocenters. The van der Waals surface area contributed by atoms with E-state index in [2.05, 4.69) is 15.5 Å². The van der Waals surface area contributed by atoms with Gasteiger partial charge in [0, 0.05) is 25.0 Å². The maximum Gasteiger partial charge on any atom is 0.303 e. The lowest BCUT2D eigenvalue weighted by Gasteiger charge is -2.38. The fraction of sp³-hybridized carbons (Fsp3) is 0.867. The van der Waals surface area contributed by atoms with Crippen LogP contribution in [0, 0.1) is 0 Å². The van der Waals surface area contributed by atoms with E-state index in [1.165, 1.54) is 25.7 Å². The number of carboxylic acid groups (broad SMARTS) is 1. The zero-order valence-electron chi connectivity index (χ0n) is 12.6. The first-order chi connectivity index (χ1) is 10.2. The van der Waals surface area contributed by atoms with Crippen molar-refractivity contribution < 1.29 is 14.7 Å². The van der Waals surface area contributed by atoms with Crippen LogP contribution < -0.4 is 10.6 Å². The first kappa shape index (κ1) is 16.2. The SMILES string of the molecule is O=C(O)CCCNC(=O)CN1CCCCC1C1CCCN1. The number of amides is 1. The zero-order chi connectivity index (χ0) is 15.1. The van der Waals surface area contributed by atoms with Gasteiger partial charge in [0.25, 0.3) is 0 Å². The van der Waals surface area contributed by atoms with Crippen molar-refractivity contribution in [3.63, 3.8) is 0 Å². The molecule has 2 fully saturated rings. The molecular weight excluding hydrogens is 270 g/mol. The van der Waals surface area contributed by atoms with E-state index in [4.69, 9.17) is 5.11 Å². The molecule has 0 bridgehead atoms. The molecule has 2 aliphatic rings. The van der Waals surface area contributed by atoms with Crippen LogP contribution in [0.4, 0.5) is 0 Å². The van der Waals surface area contributed by atoms with Crippen molar-refractivity contribution in [1.82, 2.24) is 15.5 Å². The first-order valence-corrected chi connectivity index (χ1v) is 8.13. The van der Waals surface area contributed by atoms with Crippen LogP contribution in [-0.2, 0) is 9.59 Å². The number of nitrogens with one attached hydrogen (secondary N) is 2. The molecule has 0 aromatic rings. The number of piperidine rings is 1. The number of carboxylic acids is 1. The molecule has 2 heterocycles. The van der Waals surface area contributed by atoms with E-state index in [0.717, 1.165) is 19.5 Å². The van der Waals surface area contributed by atoms with Crippen LogP contribution in [0.1, 0.15) is 44.9 Å². The highest BCUT2D eigenvalue weighted by molar-refractivity contribution is 5.78. The molecule has 2 atom stereocenters. The van der Waals surface area contributed by atoms with Crippen molar-refractivity contribution in [3.8, 4) is 0 Å². The standard InChI is InChI=1S/C15H27N3O3/c19-14(17-9-4-7-15(20)21)11-18-10-2-1-6-13(18)12-5-3-8-16-12/h12-13,16H,1-11H2,(H,17,19)(H,20,21). The van der Waals surface area contributed by atoms with Gasteiger partial charge in [-0.05, 0) is 45.2 Å². The summed E-state index contributed by atoms with van der Waals surface area (Å²) in [5.74, 6) is -0.794. The van der Waals surface area contributed by atoms with E-state index in [9.17, 15) is 9.59 Å². The monoisotopic (exact) mass is 297 g/mol. The Bertz CT molecular complexity index is 356. The third-order valence-corrected chi connectivity index (χ3v) is 4.46. The minimum atomic E-state index is -0.812. The average molecular weight is 297 g/mol. The van der Waals surface area contributed by atoms with Crippen molar-refractivity contribution in [2.75, 3.05) is 26.2 Å². The van der Waals surface area contributed by atoms with Crippen LogP contribution in [0.3, 0.4) is 0 Å². The molecule has 3 N–H and O–H groups in total. The number of aliphatic carboxylic acids is 1. The van der Waals surface area contributed by atoms with Gasteiger partial charge < -0.3 is 15.7 Å². The van der Waals surface area contributed by atoms with Gasteiger partial charge in [-0.1, -0.05) is 6.42 Å². The van der Waals surface area contributed by atoms with E-state index in [1.54, 1.807) is 0 Å². The molecule has 0 saturated carbocycles. The van der Waals surface area contributed by atoms with E-state index in [0.29, 0.717) is 31.6 Å². The highest BCUT2D eigenvalue weighted by Gasteiger charge is 2.32. The number of carbonyl (C=O) groups excluding carboxylic acids is 1. The summed E-state index contributed by atoms with van der Waals surface area (Å²) in [7, 11) is 0. The van der Waals surface area contributed by atoms with Gasteiger partial charge in [0.1, 0.15) is 0 Å². The molecule has 2 saturated heterocycles. The Morgan fingerprint density at radius 1 is 1.24 bits per heavy atom. The molecular formula is C15H27N3O3. The molecule has 6 nitrogen and oxygen atoms in total.